The number of likely N-dealkylation sites (tertiary alicyclic amines) is 1. The number of ketones is 1. The highest BCUT2D eigenvalue weighted by molar-refractivity contribution is 5.97. The van der Waals surface area contributed by atoms with Gasteiger partial charge >= 0.3 is 5.97 Å². The molecule has 2 aromatic heterocycles. The molecular formula is C42H51N3O6. The summed E-state index contributed by atoms with van der Waals surface area (Å²) >= 11 is 0. The van der Waals surface area contributed by atoms with Gasteiger partial charge in [0.05, 0.1) is 12.5 Å². The smallest absolute Gasteiger partial charge is 0.308 e. The Labute approximate surface area is 301 Å². The standard InChI is InChI=1S/C42H51N3O6/c1-6-7-8-9-10-21-50-35-17-15-30(16-18-35)34-25-43-39(44-26-34)31-13-11-29(12-14-31)23-33(40(47)45-20-19-32(27-45)41(48)49)24-36(46)38-28(2)22-37(51-38)42(3,4)5/h11-18,22,25-26,32-33H,6-10,19-21,23-24,27H2,1-5H3,(H,48,49)/t32-,33+/m0/s1. The van der Waals surface area contributed by atoms with Crippen LogP contribution in [0.15, 0.2) is 71.4 Å². The molecule has 2 aromatic carbocycles. The SMILES string of the molecule is CCCCCCCOc1ccc(-c2cnc(-c3ccc(C[C@H](CC(=O)c4oc(C(C)(C)C)cc4C)C(=O)N4CC[C@H](C(=O)O)C4)cc3)nc2)cc1. The quantitative estimate of drug-likeness (QED) is 0.0913. The molecule has 1 aliphatic rings. The average molecular weight is 694 g/mol. The van der Waals surface area contributed by atoms with Crippen LogP contribution in [0.2, 0.25) is 0 Å². The minimum absolute atomic E-state index is 0.0382. The van der Waals surface area contributed by atoms with Gasteiger partial charge in [0.15, 0.2) is 17.4 Å². The number of carboxylic acids is 1. The van der Waals surface area contributed by atoms with Gasteiger partial charge in [0.1, 0.15) is 11.5 Å². The van der Waals surface area contributed by atoms with Crippen molar-refractivity contribution in [1.82, 2.24) is 14.9 Å². The predicted octanol–water partition coefficient (Wildman–Crippen LogP) is 8.72. The molecule has 0 unspecified atom stereocenters. The summed E-state index contributed by atoms with van der Waals surface area (Å²) in [5.74, 6) is -0.193. The van der Waals surface area contributed by atoms with Crippen molar-refractivity contribution in [2.45, 2.75) is 91.4 Å². The Hall–Kier alpha value is -4.79. The van der Waals surface area contributed by atoms with Gasteiger partial charge in [-0.1, -0.05) is 89.8 Å². The van der Waals surface area contributed by atoms with E-state index in [9.17, 15) is 19.5 Å². The van der Waals surface area contributed by atoms with Crippen LogP contribution in [0.3, 0.4) is 0 Å². The third-order valence-electron chi connectivity index (χ3n) is 9.59. The molecule has 270 valence electrons. The van der Waals surface area contributed by atoms with Gasteiger partial charge in [-0.3, -0.25) is 14.4 Å². The first-order chi connectivity index (χ1) is 24.4. The number of aromatic nitrogens is 2. The molecule has 9 heteroatoms. The Balaban J connectivity index is 1.25. The summed E-state index contributed by atoms with van der Waals surface area (Å²) in [5, 5.41) is 9.51. The number of Topliss-reactive ketones (excluding diaryl/α,β-unsaturated/α-hetero) is 1. The fraction of sp³-hybridized carbons (Fsp3) is 0.452. The zero-order chi connectivity index (χ0) is 36.5. The maximum Gasteiger partial charge on any atom is 0.308 e. The van der Waals surface area contributed by atoms with Crippen LogP contribution in [0.25, 0.3) is 22.5 Å². The lowest BCUT2D eigenvalue weighted by Gasteiger charge is -2.23. The van der Waals surface area contributed by atoms with Gasteiger partial charge in [-0.15, -0.1) is 0 Å². The number of amides is 1. The summed E-state index contributed by atoms with van der Waals surface area (Å²) in [6.07, 6.45) is 10.3. The number of carbonyl (C=O) groups is 3. The van der Waals surface area contributed by atoms with E-state index in [1.807, 2.05) is 94.7 Å². The number of carbonyl (C=O) groups excluding carboxylic acids is 2. The number of aryl methyl sites for hydroxylation is 1. The lowest BCUT2D eigenvalue weighted by Crippen LogP contribution is -2.37. The van der Waals surface area contributed by atoms with Gasteiger partial charge in [-0.2, -0.15) is 0 Å². The average Bonchev–Trinajstić information content (AvgIpc) is 3.78. The highest BCUT2D eigenvalue weighted by atomic mass is 16.5. The fourth-order valence-electron chi connectivity index (χ4n) is 6.45. The van der Waals surface area contributed by atoms with Crippen LogP contribution >= 0.6 is 0 Å². The molecule has 4 aromatic rings. The Morgan fingerprint density at radius 2 is 1.61 bits per heavy atom. The molecule has 0 saturated carbocycles. The Bertz CT molecular complexity index is 1770. The predicted molar refractivity (Wildman–Crippen MR) is 198 cm³/mol. The lowest BCUT2D eigenvalue weighted by molar-refractivity contribution is -0.141. The first-order valence-corrected chi connectivity index (χ1v) is 18.2. The second-order valence-corrected chi connectivity index (χ2v) is 14.8. The number of nitrogens with zero attached hydrogens (tertiary/aromatic N) is 3. The number of hydrogen-bond donors (Lipinski definition) is 1. The molecule has 1 fully saturated rings. The van der Waals surface area contributed by atoms with E-state index in [4.69, 9.17) is 9.15 Å². The molecule has 2 atom stereocenters. The second kappa shape index (κ2) is 16.9. The molecule has 3 heterocycles. The van der Waals surface area contributed by atoms with Gasteiger partial charge < -0.3 is 19.2 Å². The van der Waals surface area contributed by atoms with E-state index in [0.717, 1.165) is 46.6 Å². The molecule has 51 heavy (non-hydrogen) atoms. The summed E-state index contributed by atoms with van der Waals surface area (Å²) < 4.78 is 11.9. The molecular weight excluding hydrogens is 642 g/mol. The van der Waals surface area contributed by atoms with Crippen LogP contribution in [-0.4, -0.2) is 57.3 Å². The highest BCUT2D eigenvalue weighted by Crippen LogP contribution is 2.30. The molecule has 9 nitrogen and oxygen atoms in total. The number of unbranched alkanes of at least 4 members (excludes halogenated alkanes) is 4. The van der Waals surface area contributed by atoms with E-state index in [1.54, 1.807) is 4.90 Å². The zero-order valence-electron chi connectivity index (χ0n) is 30.6. The minimum atomic E-state index is -0.906. The second-order valence-electron chi connectivity index (χ2n) is 14.8. The van der Waals surface area contributed by atoms with Crippen molar-refractivity contribution < 1.29 is 28.6 Å². The molecule has 1 N–H and O–H groups in total. The summed E-state index contributed by atoms with van der Waals surface area (Å²) in [4.78, 5) is 49.8. The highest BCUT2D eigenvalue weighted by Gasteiger charge is 2.36. The van der Waals surface area contributed by atoms with Gasteiger partial charge in [-0.05, 0) is 61.1 Å². The van der Waals surface area contributed by atoms with Crippen molar-refractivity contribution >= 4 is 17.7 Å². The Kier molecular flexibility index (Phi) is 12.4. The number of carboxylic acid groups (broad SMARTS) is 1. The molecule has 1 saturated heterocycles. The number of rotatable bonds is 16. The monoisotopic (exact) mass is 693 g/mol. The minimum Gasteiger partial charge on any atom is -0.494 e. The largest absolute Gasteiger partial charge is 0.494 e. The summed E-state index contributed by atoms with van der Waals surface area (Å²) in [6.45, 7) is 11.4. The van der Waals surface area contributed by atoms with Crippen LogP contribution in [-0.2, 0) is 21.4 Å². The van der Waals surface area contributed by atoms with Gasteiger partial charge in [0.25, 0.3) is 0 Å². The van der Waals surface area contributed by atoms with E-state index in [2.05, 4.69) is 16.9 Å². The van der Waals surface area contributed by atoms with Crippen LogP contribution in [0.5, 0.6) is 5.75 Å². The Morgan fingerprint density at radius 1 is 0.941 bits per heavy atom. The third-order valence-corrected chi connectivity index (χ3v) is 9.59. The molecule has 0 spiro atoms. The maximum atomic E-state index is 13.8. The third kappa shape index (κ3) is 9.93. The van der Waals surface area contributed by atoms with Gasteiger partial charge in [0, 0.05) is 54.4 Å². The van der Waals surface area contributed by atoms with Crippen LogP contribution in [0, 0.1) is 18.8 Å². The van der Waals surface area contributed by atoms with Crippen molar-refractivity contribution in [3.8, 4) is 28.3 Å². The fourth-order valence-corrected chi connectivity index (χ4v) is 6.45. The van der Waals surface area contributed by atoms with Crippen molar-refractivity contribution in [3.63, 3.8) is 0 Å². The normalized spacial score (nSPS) is 15.2. The molecule has 1 aliphatic heterocycles. The maximum absolute atomic E-state index is 13.8. The van der Waals surface area contributed by atoms with Gasteiger partial charge in [0.2, 0.25) is 5.91 Å². The topological polar surface area (TPSA) is 123 Å². The van der Waals surface area contributed by atoms with E-state index >= 15 is 0 Å². The van der Waals surface area contributed by atoms with Crippen molar-refractivity contribution in [1.29, 1.82) is 0 Å². The van der Waals surface area contributed by atoms with E-state index in [0.29, 0.717) is 31.0 Å². The molecule has 0 aliphatic carbocycles. The lowest BCUT2D eigenvalue weighted by atomic mass is 9.91. The van der Waals surface area contributed by atoms with Crippen LogP contribution < -0.4 is 4.74 Å². The zero-order valence-corrected chi connectivity index (χ0v) is 30.6. The number of benzene rings is 2. The van der Waals surface area contributed by atoms with Crippen LogP contribution in [0.4, 0.5) is 0 Å². The van der Waals surface area contributed by atoms with Crippen molar-refractivity contribution in [3.05, 3.63) is 89.6 Å². The molecule has 0 radical (unpaired) electrons. The summed E-state index contributed by atoms with van der Waals surface area (Å²) in [5.41, 5.74) is 4.10. The van der Waals surface area contributed by atoms with E-state index in [-0.39, 0.29) is 35.8 Å². The molecule has 5 rings (SSSR count). The number of hydrogen-bond acceptors (Lipinski definition) is 7. The summed E-state index contributed by atoms with van der Waals surface area (Å²) in [7, 11) is 0. The van der Waals surface area contributed by atoms with Crippen molar-refractivity contribution in [2.24, 2.45) is 11.8 Å². The van der Waals surface area contributed by atoms with Crippen LogP contribution in [0.1, 0.15) is 100 Å². The van der Waals surface area contributed by atoms with Gasteiger partial charge in [-0.25, -0.2) is 9.97 Å². The first-order valence-electron chi connectivity index (χ1n) is 18.2. The van der Waals surface area contributed by atoms with E-state index < -0.39 is 17.8 Å². The Morgan fingerprint density at radius 3 is 2.22 bits per heavy atom. The number of aliphatic carboxylic acids is 1. The van der Waals surface area contributed by atoms with E-state index in [1.165, 1.54) is 25.7 Å². The number of ether oxygens (including phenoxy) is 1. The number of furan rings is 1. The summed E-state index contributed by atoms with van der Waals surface area (Å²) in [6, 6.07) is 17.6. The first kappa shape index (κ1) is 37.5. The molecule has 0 bridgehead atoms. The van der Waals surface area contributed by atoms with Crippen molar-refractivity contribution in [2.75, 3.05) is 19.7 Å². The molecule has 1 amide bonds.